The molecule has 0 unspecified atom stereocenters. The van der Waals surface area contributed by atoms with Crippen LogP contribution in [0.5, 0.6) is 11.5 Å². The Morgan fingerprint density at radius 3 is 2.42 bits per heavy atom. The molecule has 0 saturated heterocycles. The summed E-state index contributed by atoms with van der Waals surface area (Å²) in [5, 5.41) is 21.4. The van der Waals surface area contributed by atoms with Crippen LogP contribution in [-0.2, 0) is 11.4 Å². The number of hydrogen-bond donors (Lipinski definition) is 1. The number of rotatable bonds is 7. The molecule has 6 nitrogen and oxygen atoms in total. The number of nitriles is 2. The first-order valence-electron chi connectivity index (χ1n) is 9.41. The predicted octanol–water partition coefficient (Wildman–Crippen LogP) is 4.69. The van der Waals surface area contributed by atoms with Gasteiger partial charge in [-0.15, -0.1) is 0 Å². The molecule has 6 heteroatoms. The maximum Gasteiger partial charge on any atom is 0.266 e. The van der Waals surface area contributed by atoms with E-state index in [2.05, 4.69) is 11.4 Å². The third-order valence-corrected chi connectivity index (χ3v) is 4.45. The van der Waals surface area contributed by atoms with Gasteiger partial charge in [-0.05, 0) is 42.5 Å². The van der Waals surface area contributed by atoms with Crippen molar-refractivity contribution < 1.29 is 14.3 Å². The first-order chi connectivity index (χ1) is 15.1. The fraction of sp³-hybridized carbons (Fsp3) is 0.0800. The zero-order valence-electron chi connectivity index (χ0n) is 16.8. The van der Waals surface area contributed by atoms with Gasteiger partial charge in [0.2, 0.25) is 0 Å². The lowest BCUT2D eigenvalue weighted by Gasteiger charge is -2.11. The Bertz CT molecular complexity index is 1190. The molecule has 3 aromatic rings. The Balaban J connectivity index is 1.78. The third-order valence-electron chi connectivity index (χ3n) is 4.45. The summed E-state index contributed by atoms with van der Waals surface area (Å²) in [5.41, 5.74) is 2.35. The van der Waals surface area contributed by atoms with Crippen molar-refractivity contribution in [3.8, 4) is 23.6 Å². The van der Waals surface area contributed by atoms with E-state index in [4.69, 9.17) is 9.47 Å². The number of methoxy groups -OCH3 is 1. The maximum atomic E-state index is 12.6. The smallest absolute Gasteiger partial charge is 0.266 e. The van der Waals surface area contributed by atoms with E-state index < -0.39 is 5.91 Å². The van der Waals surface area contributed by atoms with Crippen LogP contribution in [0.4, 0.5) is 5.69 Å². The van der Waals surface area contributed by atoms with Crippen LogP contribution in [0.3, 0.4) is 0 Å². The van der Waals surface area contributed by atoms with Crippen LogP contribution in [0, 0.1) is 22.7 Å². The monoisotopic (exact) mass is 409 g/mol. The fourth-order valence-electron chi connectivity index (χ4n) is 2.82. The summed E-state index contributed by atoms with van der Waals surface area (Å²) in [6.45, 7) is 0.189. The number of hydrogen-bond acceptors (Lipinski definition) is 5. The highest BCUT2D eigenvalue weighted by Gasteiger charge is 2.12. The van der Waals surface area contributed by atoms with Crippen molar-refractivity contribution in [2.24, 2.45) is 0 Å². The molecule has 1 amide bonds. The van der Waals surface area contributed by atoms with Gasteiger partial charge in [-0.2, -0.15) is 10.5 Å². The second-order valence-electron chi connectivity index (χ2n) is 6.45. The number of nitrogens with one attached hydrogen (secondary N) is 1. The average Bonchev–Trinajstić information content (AvgIpc) is 2.82. The minimum absolute atomic E-state index is 0.0655. The zero-order valence-corrected chi connectivity index (χ0v) is 16.8. The zero-order chi connectivity index (χ0) is 22.1. The minimum atomic E-state index is -0.530. The number of nitrogens with zero attached hydrogens (tertiary/aromatic N) is 2. The Labute approximate surface area is 180 Å². The molecule has 3 aromatic carbocycles. The van der Waals surface area contributed by atoms with E-state index in [-0.39, 0.29) is 12.2 Å². The predicted molar refractivity (Wildman–Crippen MR) is 117 cm³/mol. The van der Waals surface area contributed by atoms with Gasteiger partial charge in [-0.25, -0.2) is 0 Å². The standard InChI is InChI=1S/C25H19N3O3/c1-30-23-12-10-22(11-13-23)28-25(29)21(16-27)14-18-6-4-5-9-24(18)31-17-20-8-3-2-7-19(20)15-26/h2-14H,17H2,1H3,(H,28,29)/b21-14+. The van der Waals surface area contributed by atoms with Gasteiger partial charge in [0, 0.05) is 16.8 Å². The van der Waals surface area contributed by atoms with Gasteiger partial charge in [0.25, 0.3) is 5.91 Å². The van der Waals surface area contributed by atoms with Crippen molar-refractivity contribution in [1.82, 2.24) is 0 Å². The van der Waals surface area contributed by atoms with E-state index in [1.165, 1.54) is 6.08 Å². The van der Waals surface area contributed by atoms with E-state index >= 15 is 0 Å². The van der Waals surface area contributed by atoms with Gasteiger partial charge in [0.05, 0.1) is 18.7 Å². The number of ether oxygens (including phenoxy) is 2. The number of anilines is 1. The third kappa shape index (κ3) is 5.50. The number of para-hydroxylation sites is 1. The van der Waals surface area contributed by atoms with Crippen LogP contribution in [0.1, 0.15) is 16.7 Å². The molecular weight excluding hydrogens is 390 g/mol. The molecule has 0 atom stereocenters. The van der Waals surface area contributed by atoms with Gasteiger partial charge < -0.3 is 14.8 Å². The van der Waals surface area contributed by atoms with E-state index in [1.54, 1.807) is 67.8 Å². The van der Waals surface area contributed by atoms with E-state index in [9.17, 15) is 15.3 Å². The number of amides is 1. The average molecular weight is 409 g/mol. The quantitative estimate of drug-likeness (QED) is 0.451. The molecule has 0 fully saturated rings. The minimum Gasteiger partial charge on any atom is -0.497 e. The van der Waals surface area contributed by atoms with Crippen LogP contribution < -0.4 is 14.8 Å². The molecule has 31 heavy (non-hydrogen) atoms. The Hall–Kier alpha value is -4.55. The van der Waals surface area contributed by atoms with Gasteiger partial charge in [0.1, 0.15) is 29.7 Å². The maximum absolute atomic E-state index is 12.6. The molecule has 1 N–H and O–H groups in total. The normalized spacial score (nSPS) is 10.5. The molecule has 152 valence electrons. The number of carbonyl (C=O) groups is 1. The lowest BCUT2D eigenvalue weighted by molar-refractivity contribution is -0.112. The molecule has 0 radical (unpaired) electrons. The van der Waals surface area contributed by atoms with Crippen molar-refractivity contribution in [2.45, 2.75) is 6.61 Å². The van der Waals surface area contributed by atoms with Crippen LogP contribution in [0.25, 0.3) is 6.08 Å². The van der Waals surface area contributed by atoms with Crippen LogP contribution in [-0.4, -0.2) is 13.0 Å². The SMILES string of the molecule is COc1ccc(NC(=O)/C(C#N)=C/c2ccccc2OCc2ccccc2C#N)cc1. The summed E-state index contributed by atoms with van der Waals surface area (Å²) in [6, 6.07) is 25.1. The van der Waals surface area contributed by atoms with Gasteiger partial charge in [0.15, 0.2) is 0 Å². The summed E-state index contributed by atoms with van der Waals surface area (Å²) in [5.74, 6) is 0.635. The molecule has 0 spiro atoms. The van der Waals surface area contributed by atoms with Crippen molar-refractivity contribution >= 4 is 17.7 Å². The van der Waals surface area contributed by atoms with Crippen LogP contribution in [0.15, 0.2) is 78.4 Å². The van der Waals surface area contributed by atoms with Crippen LogP contribution >= 0.6 is 0 Å². The highest BCUT2D eigenvalue weighted by molar-refractivity contribution is 6.09. The fourth-order valence-corrected chi connectivity index (χ4v) is 2.82. The Morgan fingerprint density at radius 1 is 1.00 bits per heavy atom. The van der Waals surface area contributed by atoms with Gasteiger partial charge in [-0.1, -0.05) is 36.4 Å². The molecule has 0 bridgehead atoms. The molecule has 0 aliphatic heterocycles. The first-order valence-corrected chi connectivity index (χ1v) is 9.41. The summed E-state index contributed by atoms with van der Waals surface area (Å²) < 4.78 is 11.0. The van der Waals surface area contributed by atoms with E-state index in [1.807, 2.05) is 18.2 Å². The van der Waals surface area contributed by atoms with Gasteiger partial charge >= 0.3 is 0 Å². The molecule has 0 heterocycles. The lowest BCUT2D eigenvalue weighted by Crippen LogP contribution is -2.13. The summed E-state index contributed by atoms with van der Waals surface area (Å²) in [4.78, 5) is 12.6. The van der Waals surface area contributed by atoms with Crippen LogP contribution in [0.2, 0.25) is 0 Å². The number of carbonyl (C=O) groups excluding carboxylic acids is 1. The summed E-state index contributed by atoms with van der Waals surface area (Å²) in [7, 11) is 1.56. The van der Waals surface area contributed by atoms with Crippen molar-refractivity contribution in [3.63, 3.8) is 0 Å². The first kappa shape index (κ1) is 21.2. The van der Waals surface area contributed by atoms with Crippen molar-refractivity contribution in [1.29, 1.82) is 10.5 Å². The molecule has 0 aliphatic carbocycles. The second kappa shape index (κ2) is 10.3. The Kier molecular flexibility index (Phi) is 7.03. The molecule has 0 saturated carbocycles. The molecule has 0 aliphatic rings. The van der Waals surface area contributed by atoms with E-state index in [0.29, 0.717) is 28.3 Å². The topological polar surface area (TPSA) is 95.1 Å². The summed E-state index contributed by atoms with van der Waals surface area (Å²) >= 11 is 0. The second-order valence-corrected chi connectivity index (χ2v) is 6.45. The molecular formula is C25H19N3O3. The lowest BCUT2D eigenvalue weighted by atomic mass is 10.1. The van der Waals surface area contributed by atoms with Crippen molar-refractivity contribution in [2.75, 3.05) is 12.4 Å². The van der Waals surface area contributed by atoms with Gasteiger partial charge in [-0.3, -0.25) is 4.79 Å². The van der Waals surface area contributed by atoms with Crippen molar-refractivity contribution in [3.05, 3.63) is 95.1 Å². The highest BCUT2D eigenvalue weighted by atomic mass is 16.5. The molecule has 0 aromatic heterocycles. The highest BCUT2D eigenvalue weighted by Crippen LogP contribution is 2.23. The molecule has 3 rings (SSSR count). The van der Waals surface area contributed by atoms with E-state index in [0.717, 1.165) is 5.56 Å². The Morgan fingerprint density at radius 2 is 1.71 bits per heavy atom. The summed E-state index contributed by atoms with van der Waals surface area (Å²) in [6.07, 6.45) is 1.48. The largest absolute Gasteiger partial charge is 0.497 e. The number of benzene rings is 3.